The molecule has 0 aromatic heterocycles. The van der Waals surface area contributed by atoms with E-state index in [4.69, 9.17) is 32.7 Å². The number of nitrogens with one attached hydrogen (secondary N) is 1. The fraction of sp³-hybridized carbons (Fsp3) is 0.0833. The van der Waals surface area contributed by atoms with Crippen molar-refractivity contribution in [3.05, 3.63) is 93.5 Å². The maximum Gasteiger partial charge on any atom is 0.266 e. The second-order valence-electron chi connectivity index (χ2n) is 6.45. The molecule has 0 aliphatic rings. The van der Waals surface area contributed by atoms with Crippen LogP contribution in [-0.2, 0) is 11.4 Å². The Hall–Kier alpha value is -3.46. The molecule has 156 valence electrons. The number of anilines is 1. The number of methoxy groups -OCH3 is 1. The Morgan fingerprint density at radius 3 is 2.32 bits per heavy atom. The van der Waals surface area contributed by atoms with Gasteiger partial charge in [-0.3, -0.25) is 4.79 Å². The average molecular weight is 453 g/mol. The topological polar surface area (TPSA) is 71.3 Å². The van der Waals surface area contributed by atoms with Gasteiger partial charge in [0, 0.05) is 21.3 Å². The highest BCUT2D eigenvalue weighted by Gasteiger charge is 2.10. The van der Waals surface area contributed by atoms with Gasteiger partial charge in [0.25, 0.3) is 5.91 Å². The minimum absolute atomic E-state index is 0.0163. The van der Waals surface area contributed by atoms with Crippen molar-refractivity contribution in [3.63, 3.8) is 0 Å². The summed E-state index contributed by atoms with van der Waals surface area (Å²) in [6, 6.07) is 21.0. The zero-order valence-corrected chi connectivity index (χ0v) is 18.1. The minimum atomic E-state index is -0.495. The van der Waals surface area contributed by atoms with Crippen LogP contribution in [0.1, 0.15) is 11.1 Å². The van der Waals surface area contributed by atoms with Gasteiger partial charge in [-0.15, -0.1) is 0 Å². The number of nitrogens with zero attached hydrogens (tertiary/aromatic N) is 1. The molecule has 0 aliphatic heterocycles. The lowest BCUT2D eigenvalue weighted by atomic mass is 10.1. The molecule has 0 aliphatic carbocycles. The molecule has 3 aromatic carbocycles. The third-order valence-corrected chi connectivity index (χ3v) is 4.90. The third-order valence-electron chi connectivity index (χ3n) is 4.31. The Morgan fingerprint density at radius 1 is 1.03 bits per heavy atom. The first kappa shape index (κ1) is 22.2. The number of carbonyl (C=O) groups is 1. The summed E-state index contributed by atoms with van der Waals surface area (Å²) in [6.45, 7) is 0.291. The monoisotopic (exact) mass is 452 g/mol. The molecule has 0 saturated carbocycles. The van der Waals surface area contributed by atoms with Crippen LogP contribution in [0, 0.1) is 11.3 Å². The van der Waals surface area contributed by atoms with E-state index in [2.05, 4.69) is 5.32 Å². The molecule has 0 saturated heterocycles. The standard InChI is InChI=1S/C24H18Cl2N2O3/c1-30-21-10-6-20(7-11-21)28-24(29)18(14-27)12-16-2-8-22(9-3-16)31-15-17-4-5-19(25)13-23(17)26/h2-13H,15H2,1H3,(H,28,29). The number of ether oxygens (including phenoxy) is 2. The molecule has 7 heteroatoms. The molecule has 1 N–H and O–H groups in total. The summed E-state index contributed by atoms with van der Waals surface area (Å²) in [6.07, 6.45) is 1.51. The van der Waals surface area contributed by atoms with E-state index in [1.54, 1.807) is 67.8 Å². The van der Waals surface area contributed by atoms with Crippen LogP contribution in [0.5, 0.6) is 11.5 Å². The van der Waals surface area contributed by atoms with Crippen LogP contribution < -0.4 is 14.8 Å². The number of nitriles is 1. The largest absolute Gasteiger partial charge is 0.497 e. The molecule has 0 spiro atoms. The van der Waals surface area contributed by atoms with Gasteiger partial charge >= 0.3 is 0 Å². The van der Waals surface area contributed by atoms with Crippen molar-refractivity contribution in [1.29, 1.82) is 5.26 Å². The fourth-order valence-corrected chi connectivity index (χ4v) is 3.11. The van der Waals surface area contributed by atoms with Crippen LogP contribution in [0.4, 0.5) is 5.69 Å². The molecule has 0 unspecified atom stereocenters. The van der Waals surface area contributed by atoms with Gasteiger partial charge in [-0.25, -0.2) is 0 Å². The first-order valence-corrected chi connectivity index (χ1v) is 9.98. The molecule has 3 rings (SSSR count). The summed E-state index contributed by atoms with van der Waals surface area (Å²) in [5, 5.41) is 13.2. The highest BCUT2D eigenvalue weighted by atomic mass is 35.5. The first-order chi connectivity index (χ1) is 15.0. The SMILES string of the molecule is COc1ccc(NC(=O)C(C#N)=Cc2ccc(OCc3ccc(Cl)cc3Cl)cc2)cc1. The smallest absolute Gasteiger partial charge is 0.266 e. The zero-order valence-electron chi connectivity index (χ0n) is 16.6. The van der Waals surface area contributed by atoms with Crippen LogP contribution in [0.25, 0.3) is 6.08 Å². The predicted molar refractivity (Wildman–Crippen MR) is 122 cm³/mol. The fourth-order valence-electron chi connectivity index (χ4n) is 2.65. The molecule has 0 heterocycles. The van der Waals surface area contributed by atoms with Gasteiger partial charge in [0.15, 0.2) is 0 Å². The van der Waals surface area contributed by atoms with E-state index in [-0.39, 0.29) is 5.57 Å². The summed E-state index contributed by atoms with van der Waals surface area (Å²) in [5.41, 5.74) is 2.06. The molecule has 5 nitrogen and oxygen atoms in total. The molecule has 0 bridgehead atoms. The van der Waals surface area contributed by atoms with Gasteiger partial charge in [-0.1, -0.05) is 41.4 Å². The van der Waals surface area contributed by atoms with Crippen LogP contribution in [0.15, 0.2) is 72.3 Å². The molecular formula is C24H18Cl2N2O3. The van der Waals surface area contributed by atoms with Crippen molar-refractivity contribution < 1.29 is 14.3 Å². The second-order valence-corrected chi connectivity index (χ2v) is 7.29. The summed E-state index contributed by atoms with van der Waals surface area (Å²) in [4.78, 5) is 12.4. The third kappa shape index (κ3) is 6.26. The quantitative estimate of drug-likeness (QED) is 0.345. The van der Waals surface area contributed by atoms with Crippen molar-refractivity contribution >= 4 is 40.9 Å². The Morgan fingerprint density at radius 2 is 1.71 bits per heavy atom. The Bertz CT molecular complexity index is 1130. The molecule has 3 aromatic rings. The van der Waals surface area contributed by atoms with E-state index in [1.807, 2.05) is 12.1 Å². The summed E-state index contributed by atoms with van der Waals surface area (Å²) in [7, 11) is 1.56. The van der Waals surface area contributed by atoms with Crippen molar-refractivity contribution in [2.24, 2.45) is 0 Å². The highest BCUT2D eigenvalue weighted by Crippen LogP contribution is 2.23. The molecule has 31 heavy (non-hydrogen) atoms. The van der Waals surface area contributed by atoms with E-state index in [1.165, 1.54) is 6.08 Å². The lowest BCUT2D eigenvalue weighted by molar-refractivity contribution is -0.112. The van der Waals surface area contributed by atoms with Crippen molar-refractivity contribution in [2.75, 3.05) is 12.4 Å². The number of rotatable bonds is 7. The molecular weight excluding hydrogens is 435 g/mol. The second kappa shape index (κ2) is 10.5. The van der Waals surface area contributed by atoms with Gasteiger partial charge in [0.05, 0.1) is 7.11 Å². The van der Waals surface area contributed by atoms with Crippen molar-refractivity contribution in [2.45, 2.75) is 6.61 Å². The number of carbonyl (C=O) groups excluding carboxylic acids is 1. The minimum Gasteiger partial charge on any atom is -0.497 e. The number of halogens is 2. The van der Waals surface area contributed by atoms with E-state index in [0.29, 0.717) is 39.4 Å². The summed E-state index contributed by atoms with van der Waals surface area (Å²) < 4.78 is 10.8. The van der Waals surface area contributed by atoms with E-state index in [0.717, 1.165) is 5.56 Å². The highest BCUT2D eigenvalue weighted by molar-refractivity contribution is 6.35. The molecule has 0 atom stereocenters. The van der Waals surface area contributed by atoms with Crippen LogP contribution in [-0.4, -0.2) is 13.0 Å². The van der Waals surface area contributed by atoms with Gasteiger partial charge in [-0.05, 0) is 60.2 Å². The van der Waals surface area contributed by atoms with E-state index >= 15 is 0 Å². The van der Waals surface area contributed by atoms with Gasteiger partial charge in [-0.2, -0.15) is 5.26 Å². The maximum absolute atomic E-state index is 12.4. The lowest BCUT2D eigenvalue weighted by Crippen LogP contribution is -2.13. The van der Waals surface area contributed by atoms with Crippen molar-refractivity contribution in [1.82, 2.24) is 0 Å². The lowest BCUT2D eigenvalue weighted by Gasteiger charge is -2.08. The van der Waals surface area contributed by atoms with Gasteiger partial charge in [0.2, 0.25) is 0 Å². The summed E-state index contributed by atoms with van der Waals surface area (Å²) in [5.74, 6) is 0.810. The van der Waals surface area contributed by atoms with Crippen LogP contribution in [0.2, 0.25) is 10.0 Å². The van der Waals surface area contributed by atoms with E-state index < -0.39 is 5.91 Å². The van der Waals surface area contributed by atoms with Crippen LogP contribution in [0.3, 0.4) is 0 Å². The van der Waals surface area contributed by atoms with Crippen LogP contribution >= 0.6 is 23.2 Å². The average Bonchev–Trinajstić information content (AvgIpc) is 2.78. The number of hydrogen-bond acceptors (Lipinski definition) is 4. The molecule has 0 radical (unpaired) electrons. The number of hydrogen-bond donors (Lipinski definition) is 1. The van der Waals surface area contributed by atoms with Gasteiger partial charge in [0.1, 0.15) is 29.7 Å². The van der Waals surface area contributed by atoms with E-state index in [9.17, 15) is 10.1 Å². The zero-order chi connectivity index (χ0) is 22.2. The summed E-state index contributed by atoms with van der Waals surface area (Å²) >= 11 is 12.0. The normalized spacial score (nSPS) is 10.8. The Labute approximate surface area is 190 Å². The molecule has 0 fully saturated rings. The number of amides is 1. The first-order valence-electron chi connectivity index (χ1n) is 9.22. The number of benzene rings is 3. The molecule has 1 amide bonds. The maximum atomic E-state index is 12.4. The Kier molecular flexibility index (Phi) is 7.55. The van der Waals surface area contributed by atoms with Gasteiger partial charge < -0.3 is 14.8 Å². The Balaban J connectivity index is 1.64. The van der Waals surface area contributed by atoms with Crippen molar-refractivity contribution in [3.8, 4) is 17.6 Å². The predicted octanol–water partition coefficient (Wildman–Crippen LogP) is 6.13.